The number of piperidine rings is 2. The number of imidazole rings is 2. The third-order valence-corrected chi connectivity index (χ3v) is 12.8. The van der Waals surface area contributed by atoms with Crippen LogP contribution in [0.3, 0.4) is 0 Å². The molecule has 10 nitrogen and oxygen atoms in total. The molecule has 4 heterocycles. The molecule has 8 rings (SSSR count). The number of hydrogen-bond donors (Lipinski definition) is 2. The fourth-order valence-electron chi connectivity index (χ4n) is 8.85. The summed E-state index contributed by atoms with van der Waals surface area (Å²) >= 11 is 0. The van der Waals surface area contributed by atoms with E-state index in [1.165, 1.54) is 12.8 Å². The Bertz CT molecular complexity index is 2140. The number of benzene rings is 4. The molecule has 4 aromatic carbocycles. The van der Waals surface area contributed by atoms with Gasteiger partial charge in [0.25, 0.3) is 0 Å². The first-order valence-corrected chi connectivity index (χ1v) is 21.7. The van der Waals surface area contributed by atoms with Crippen LogP contribution in [0, 0.1) is 0 Å². The van der Waals surface area contributed by atoms with Crippen LogP contribution in [0.2, 0.25) is 0 Å². The number of nitrogens with zero attached hydrogens (tertiary/aromatic N) is 6. The number of likely N-dealkylation sites (tertiary alicyclic amines) is 2. The molecule has 0 aliphatic carbocycles. The van der Waals surface area contributed by atoms with Crippen LogP contribution in [-0.4, -0.2) is 91.6 Å². The maximum absolute atomic E-state index is 14.1. The first-order valence-electron chi connectivity index (χ1n) is 21.7. The van der Waals surface area contributed by atoms with Crippen LogP contribution in [0.25, 0.3) is 33.6 Å². The molecule has 0 unspecified atom stereocenters. The van der Waals surface area contributed by atoms with E-state index in [1.807, 2.05) is 86.5 Å². The lowest BCUT2D eigenvalue weighted by atomic mass is 10.00. The highest BCUT2D eigenvalue weighted by Crippen LogP contribution is 2.33. The van der Waals surface area contributed by atoms with Gasteiger partial charge in [0.15, 0.2) is 0 Å². The lowest BCUT2D eigenvalue weighted by Gasteiger charge is -2.37. The molecular formula is C50H58N8O2. The van der Waals surface area contributed by atoms with Crippen molar-refractivity contribution in [2.45, 2.75) is 76.5 Å². The van der Waals surface area contributed by atoms with Crippen molar-refractivity contribution in [3.05, 3.63) is 144 Å². The van der Waals surface area contributed by atoms with Gasteiger partial charge in [0.2, 0.25) is 11.8 Å². The van der Waals surface area contributed by atoms with Crippen molar-refractivity contribution in [2.75, 3.05) is 40.3 Å². The third-order valence-electron chi connectivity index (χ3n) is 12.8. The zero-order valence-electron chi connectivity index (χ0n) is 35.4. The summed E-state index contributed by atoms with van der Waals surface area (Å²) in [5.74, 6) is 1.70. The highest BCUT2D eigenvalue weighted by molar-refractivity contribution is 5.84. The molecule has 2 aliphatic heterocycles. The molecule has 0 radical (unpaired) electrons. The van der Waals surface area contributed by atoms with Crippen LogP contribution in [0.4, 0.5) is 0 Å². The number of H-pyrrole nitrogens is 2. The lowest BCUT2D eigenvalue weighted by Crippen LogP contribution is -2.44. The van der Waals surface area contributed by atoms with Gasteiger partial charge in [-0.25, -0.2) is 9.97 Å². The van der Waals surface area contributed by atoms with E-state index >= 15 is 0 Å². The summed E-state index contributed by atoms with van der Waals surface area (Å²) in [7, 11) is 3.78. The summed E-state index contributed by atoms with van der Waals surface area (Å²) in [5.41, 5.74) is 8.17. The largest absolute Gasteiger partial charge is 0.340 e. The Morgan fingerprint density at radius 2 is 0.833 bits per heavy atom. The minimum absolute atomic E-state index is 0.0892. The Morgan fingerprint density at radius 1 is 0.500 bits per heavy atom. The topological polar surface area (TPSA) is 104 Å². The number of rotatable bonds is 13. The van der Waals surface area contributed by atoms with Gasteiger partial charge in [-0.2, -0.15) is 0 Å². The number of carbonyl (C=O) groups excluding carboxylic acids is 2. The van der Waals surface area contributed by atoms with E-state index in [9.17, 15) is 9.59 Å². The van der Waals surface area contributed by atoms with Crippen molar-refractivity contribution in [1.82, 2.24) is 39.5 Å². The molecule has 310 valence electrons. The van der Waals surface area contributed by atoms with E-state index in [4.69, 9.17) is 9.97 Å². The first-order chi connectivity index (χ1) is 29.3. The number of aromatic amines is 2. The number of nitrogens with one attached hydrogen (secondary N) is 2. The van der Waals surface area contributed by atoms with Gasteiger partial charge in [-0.15, -0.1) is 0 Å². The van der Waals surface area contributed by atoms with E-state index in [1.54, 1.807) is 0 Å². The fraction of sp³-hybridized carbons (Fsp3) is 0.360. The van der Waals surface area contributed by atoms with Crippen molar-refractivity contribution in [2.24, 2.45) is 0 Å². The number of amides is 2. The van der Waals surface area contributed by atoms with Crippen molar-refractivity contribution < 1.29 is 9.59 Å². The van der Waals surface area contributed by atoms with Gasteiger partial charge in [0.1, 0.15) is 23.7 Å². The molecule has 2 aliphatic rings. The Hall–Kier alpha value is -5.84. The van der Waals surface area contributed by atoms with Crippen LogP contribution in [0.5, 0.6) is 0 Å². The molecule has 0 saturated carbocycles. The Balaban J connectivity index is 0.908. The SMILES string of the molecule is C[C@@H](c1ncc(-c2ccc(-c3ccc(-c4cnc([C@H](C)N(C)C(=O)[C@@H](c5ccccc5)N5CCCCC5)[nH]4)cc3)cc2)[nH]1)N(C)C(=O)[C@@H](c1ccccc1)N1CCCCC1. The summed E-state index contributed by atoms with van der Waals surface area (Å²) in [6.45, 7) is 7.80. The molecular weight excluding hydrogens is 745 g/mol. The second kappa shape index (κ2) is 18.6. The Morgan fingerprint density at radius 3 is 1.18 bits per heavy atom. The van der Waals surface area contributed by atoms with E-state index in [0.29, 0.717) is 0 Å². The van der Waals surface area contributed by atoms with Gasteiger partial charge >= 0.3 is 0 Å². The maximum Gasteiger partial charge on any atom is 0.244 e. The molecule has 6 aromatic rings. The lowest BCUT2D eigenvalue weighted by molar-refractivity contribution is -0.139. The maximum atomic E-state index is 14.1. The van der Waals surface area contributed by atoms with Crippen LogP contribution in [0.1, 0.15) is 99.3 Å². The van der Waals surface area contributed by atoms with Crippen LogP contribution >= 0.6 is 0 Å². The zero-order valence-corrected chi connectivity index (χ0v) is 35.4. The minimum Gasteiger partial charge on any atom is -0.340 e. The van der Waals surface area contributed by atoms with Crippen LogP contribution in [0.15, 0.2) is 122 Å². The molecule has 60 heavy (non-hydrogen) atoms. The molecule has 2 amide bonds. The fourth-order valence-corrected chi connectivity index (χ4v) is 8.85. The molecule has 2 fully saturated rings. The second-order valence-electron chi connectivity index (χ2n) is 16.6. The normalized spacial score (nSPS) is 17.1. The quantitative estimate of drug-likeness (QED) is 0.121. The van der Waals surface area contributed by atoms with E-state index < -0.39 is 0 Å². The number of carbonyl (C=O) groups is 2. The van der Waals surface area contributed by atoms with Crippen molar-refractivity contribution in [3.8, 4) is 33.6 Å². The molecule has 10 heteroatoms. The van der Waals surface area contributed by atoms with Gasteiger partial charge < -0.3 is 19.8 Å². The molecule has 2 N–H and O–H groups in total. The van der Waals surface area contributed by atoms with Crippen molar-refractivity contribution in [3.63, 3.8) is 0 Å². The predicted molar refractivity (Wildman–Crippen MR) is 239 cm³/mol. The minimum atomic E-state index is -0.303. The van der Waals surface area contributed by atoms with E-state index in [0.717, 1.165) is 108 Å². The highest BCUT2D eigenvalue weighted by Gasteiger charge is 2.35. The van der Waals surface area contributed by atoms with Crippen LogP contribution in [-0.2, 0) is 9.59 Å². The third kappa shape index (κ3) is 8.86. The van der Waals surface area contributed by atoms with Gasteiger partial charge in [-0.3, -0.25) is 19.4 Å². The zero-order chi connectivity index (χ0) is 41.6. The number of likely N-dealkylation sites (N-methyl/N-ethyl adjacent to an activating group) is 2. The molecule has 4 atom stereocenters. The smallest absolute Gasteiger partial charge is 0.244 e. The summed E-state index contributed by atoms with van der Waals surface area (Å²) in [6.07, 6.45) is 10.6. The number of hydrogen-bond acceptors (Lipinski definition) is 6. The van der Waals surface area contributed by atoms with Gasteiger partial charge in [0.05, 0.1) is 35.9 Å². The summed E-state index contributed by atoms with van der Waals surface area (Å²) in [5, 5.41) is 0. The first kappa shape index (κ1) is 40.9. The Kier molecular flexibility index (Phi) is 12.7. The summed E-state index contributed by atoms with van der Waals surface area (Å²) < 4.78 is 0. The van der Waals surface area contributed by atoms with Gasteiger partial charge in [0, 0.05) is 14.1 Å². The summed E-state index contributed by atoms with van der Waals surface area (Å²) in [6, 6.07) is 36.2. The van der Waals surface area contributed by atoms with Gasteiger partial charge in [-0.1, -0.05) is 122 Å². The second-order valence-corrected chi connectivity index (χ2v) is 16.6. The van der Waals surface area contributed by atoms with Gasteiger partial charge in [-0.05, 0) is 99.1 Å². The Labute approximate surface area is 354 Å². The molecule has 2 saturated heterocycles. The average molecular weight is 803 g/mol. The summed E-state index contributed by atoms with van der Waals surface area (Å²) in [4.78, 5) is 53.1. The van der Waals surface area contributed by atoms with Crippen molar-refractivity contribution in [1.29, 1.82) is 0 Å². The monoisotopic (exact) mass is 802 g/mol. The van der Waals surface area contributed by atoms with Crippen LogP contribution < -0.4 is 0 Å². The predicted octanol–water partition coefficient (Wildman–Crippen LogP) is 9.63. The average Bonchev–Trinajstić information content (AvgIpc) is 4.02. The molecule has 2 aromatic heterocycles. The molecule has 0 bridgehead atoms. The van der Waals surface area contributed by atoms with E-state index in [2.05, 4.69) is 92.6 Å². The van der Waals surface area contributed by atoms with Crippen molar-refractivity contribution >= 4 is 11.8 Å². The standard InChI is InChI=1S/C50H58N8O2/c1-35(55(3)49(59)45(41-17-9-5-10-18-41)57-29-13-7-14-30-57)47-51-33-43(53-47)39-25-21-37(22-26-39)38-23-27-40(28-24-38)44-34-52-48(54-44)36(2)56(4)50(60)46(42-19-11-6-12-20-42)58-31-15-8-16-32-58/h5-6,9-12,17-28,33-36,45-46H,7-8,13-16,29-32H2,1-4H3,(H,51,53)(H,52,54)/t35-,36-,45+,46+/m0/s1. The molecule has 0 spiro atoms. The number of aromatic nitrogens is 4. The van der Waals surface area contributed by atoms with E-state index in [-0.39, 0.29) is 36.0 Å². The highest BCUT2D eigenvalue weighted by atomic mass is 16.2.